The summed E-state index contributed by atoms with van der Waals surface area (Å²) in [5.74, 6) is -0.214. The number of amides is 3. The van der Waals surface area contributed by atoms with Gasteiger partial charge in [0.05, 0.1) is 10.8 Å². The van der Waals surface area contributed by atoms with Gasteiger partial charge in [-0.2, -0.15) is 0 Å². The van der Waals surface area contributed by atoms with Crippen LogP contribution in [0.4, 0.5) is 5.69 Å². The number of carbonyl (C=O) groups excluding carboxylic acids is 3. The number of hydrogen-bond acceptors (Lipinski definition) is 5. The number of piperazine rings is 1. The minimum absolute atomic E-state index is 0.0136. The van der Waals surface area contributed by atoms with Crippen molar-refractivity contribution in [3.05, 3.63) is 52.7 Å². The zero-order valence-electron chi connectivity index (χ0n) is 16.8. The van der Waals surface area contributed by atoms with Gasteiger partial charge in [-0.25, -0.2) is 0 Å². The van der Waals surface area contributed by atoms with E-state index < -0.39 is 0 Å². The molecular weight excluding hydrogens is 400 g/mol. The molecule has 1 N–H and O–H groups in total. The molecule has 4 rings (SSSR count). The van der Waals surface area contributed by atoms with E-state index in [4.69, 9.17) is 0 Å². The lowest BCUT2D eigenvalue weighted by Crippen LogP contribution is -2.51. The Morgan fingerprint density at radius 3 is 2.50 bits per heavy atom. The minimum Gasteiger partial charge on any atom is -0.350 e. The molecular formula is C22H26N4O3S. The molecule has 1 unspecified atom stereocenters. The normalized spacial score (nSPS) is 19.9. The lowest BCUT2D eigenvalue weighted by atomic mass is 10.1. The van der Waals surface area contributed by atoms with Crippen molar-refractivity contribution in [2.45, 2.75) is 6.42 Å². The van der Waals surface area contributed by atoms with Gasteiger partial charge in [-0.15, -0.1) is 11.3 Å². The van der Waals surface area contributed by atoms with E-state index >= 15 is 0 Å². The van der Waals surface area contributed by atoms with Crippen LogP contribution in [0.25, 0.3) is 0 Å². The van der Waals surface area contributed by atoms with Crippen molar-refractivity contribution in [3.8, 4) is 0 Å². The highest BCUT2D eigenvalue weighted by molar-refractivity contribution is 7.12. The summed E-state index contributed by atoms with van der Waals surface area (Å²) in [6, 6.07) is 13.2. The molecule has 1 aromatic heterocycles. The first-order valence-corrected chi connectivity index (χ1v) is 11.2. The summed E-state index contributed by atoms with van der Waals surface area (Å²) in [6.45, 7) is 4.70. The maximum Gasteiger partial charge on any atom is 0.261 e. The van der Waals surface area contributed by atoms with Crippen LogP contribution >= 0.6 is 11.3 Å². The van der Waals surface area contributed by atoms with Gasteiger partial charge in [0.15, 0.2) is 0 Å². The molecule has 30 heavy (non-hydrogen) atoms. The summed E-state index contributed by atoms with van der Waals surface area (Å²) >= 11 is 1.43. The topological polar surface area (TPSA) is 73.0 Å². The second kappa shape index (κ2) is 9.40. The lowest BCUT2D eigenvalue weighted by Gasteiger charge is -2.35. The highest BCUT2D eigenvalue weighted by Gasteiger charge is 2.37. The Morgan fingerprint density at radius 1 is 1.03 bits per heavy atom. The molecule has 158 valence electrons. The molecule has 1 atom stereocenters. The first kappa shape index (κ1) is 20.6. The molecule has 2 saturated heterocycles. The van der Waals surface area contributed by atoms with Crippen molar-refractivity contribution in [3.63, 3.8) is 0 Å². The van der Waals surface area contributed by atoms with Crippen LogP contribution in [-0.2, 0) is 9.59 Å². The summed E-state index contributed by atoms with van der Waals surface area (Å²) in [7, 11) is 0. The van der Waals surface area contributed by atoms with Crippen LogP contribution < -0.4 is 10.2 Å². The van der Waals surface area contributed by atoms with E-state index in [1.807, 2.05) is 52.7 Å². The van der Waals surface area contributed by atoms with E-state index in [9.17, 15) is 14.4 Å². The van der Waals surface area contributed by atoms with Crippen LogP contribution in [0, 0.1) is 5.92 Å². The van der Waals surface area contributed by atoms with Gasteiger partial charge in [0.2, 0.25) is 11.8 Å². The van der Waals surface area contributed by atoms with Crippen LogP contribution in [0.1, 0.15) is 16.1 Å². The molecule has 7 nitrogen and oxygen atoms in total. The van der Waals surface area contributed by atoms with Crippen molar-refractivity contribution < 1.29 is 14.4 Å². The van der Waals surface area contributed by atoms with Crippen molar-refractivity contribution in [1.82, 2.24) is 15.1 Å². The fraction of sp³-hybridized carbons (Fsp3) is 0.409. The lowest BCUT2D eigenvalue weighted by molar-refractivity contribution is -0.137. The third-order valence-electron chi connectivity index (χ3n) is 5.68. The van der Waals surface area contributed by atoms with E-state index in [1.54, 1.807) is 4.90 Å². The summed E-state index contributed by atoms with van der Waals surface area (Å²) in [5.41, 5.74) is 0.854. The van der Waals surface area contributed by atoms with Crippen LogP contribution in [0.3, 0.4) is 0 Å². The molecule has 0 radical (unpaired) electrons. The molecule has 2 aromatic rings. The van der Waals surface area contributed by atoms with Crippen LogP contribution in [-0.4, -0.2) is 73.3 Å². The zero-order chi connectivity index (χ0) is 20.9. The van der Waals surface area contributed by atoms with Crippen molar-refractivity contribution in [2.24, 2.45) is 5.92 Å². The molecule has 0 spiro atoms. The predicted molar refractivity (Wildman–Crippen MR) is 117 cm³/mol. The predicted octanol–water partition coefficient (Wildman–Crippen LogP) is 1.68. The number of hydrogen-bond donors (Lipinski definition) is 1. The summed E-state index contributed by atoms with van der Waals surface area (Å²) in [5, 5.41) is 4.83. The summed E-state index contributed by atoms with van der Waals surface area (Å²) in [6.07, 6.45) is 0.280. The Morgan fingerprint density at radius 2 is 1.80 bits per heavy atom. The molecule has 0 saturated carbocycles. The van der Waals surface area contributed by atoms with E-state index in [0.717, 1.165) is 30.2 Å². The van der Waals surface area contributed by atoms with E-state index in [-0.39, 0.29) is 30.1 Å². The minimum atomic E-state index is -0.269. The zero-order valence-corrected chi connectivity index (χ0v) is 17.6. The number of para-hydroxylation sites is 1. The maximum absolute atomic E-state index is 12.9. The van der Waals surface area contributed by atoms with Crippen LogP contribution in [0.5, 0.6) is 0 Å². The number of nitrogens with one attached hydrogen (secondary N) is 1. The van der Waals surface area contributed by atoms with Gasteiger partial charge in [-0.3, -0.25) is 19.3 Å². The van der Waals surface area contributed by atoms with Gasteiger partial charge < -0.3 is 15.1 Å². The molecule has 3 amide bonds. The SMILES string of the molecule is O=C(NCCN1CCN(C(=O)C2CC(=O)N(c3ccccc3)C2)CC1)c1cccs1. The standard InChI is InChI=1S/C22H26N4O3S/c27-20-15-17(16-26(20)18-5-2-1-3-6-18)22(29)25-12-10-24(11-13-25)9-8-23-21(28)19-7-4-14-30-19/h1-7,14,17H,8-13,15-16H2,(H,23,28). The average molecular weight is 427 g/mol. The van der Waals surface area contributed by atoms with Crippen molar-refractivity contribution >= 4 is 34.7 Å². The molecule has 0 aliphatic carbocycles. The number of nitrogens with zero attached hydrogens (tertiary/aromatic N) is 3. The van der Waals surface area contributed by atoms with E-state index in [0.29, 0.717) is 26.2 Å². The molecule has 2 fully saturated rings. The highest BCUT2D eigenvalue weighted by atomic mass is 32.1. The first-order chi connectivity index (χ1) is 14.6. The average Bonchev–Trinajstić information content (AvgIpc) is 3.44. The van der Waals surface area contributed by atoms with Gasteiger partial charge in [0.1, 0.15) is 0 Å². The molecule has 1 aromatic carbocycles. The van der Waals surface area contributed by atoms with Crippen molar-refractivity contribution in [2.75, 3.05) is 50.7 Å². The van der Waals surface area contributed by atoms with Gasteiger partial charge in [-0.05, 0) is 23.6 Å². The largest absolute Gasteiger partial charge is 0.350 e. The fourth-order valence-electron chi connectivity index (χ4n) is 4.00. The van der Waals surface area contributed by atoms with Gasteiger partial charge in [0.25, 0.3) is 5.91 Å². The summed E-state index contributed by atoms with van der Waals surface area (Å²) in [4.78, 5) is 43.9. The van der Waals surface area contributed by atoms with Gasteiger partial charge in [0, 0.05) is 57.9 Å². The monoisotopic (exact) mass is 426 g/mol. The maximum atomic E-state index is 12.9. The Labute approximate surface area is 180 Å². The number of anilines is 1. The first-order valence-electron chi connectivity index (χ1n) is 10.3. The fourth-order valence-corrected chi connectivity index (χ4v) is 4.64. The Bertz CT molecular complexity index is 879. The third kappa shape index (κ3) is 4.71. The quantitative estimate of drug-likeness (QED) is 0.763. The summed E-state index contributed by atoms with van der Waals surface area (Å²) < 4.78 is 0. The molecule has 3 heterocycles. The molecule has 8 heteroatoms. The highest BCUT2D eigenvalue weighted by Crippen LogP contribution is 2.26. The molecule has 2 aliphatic rings. The van der Waals surface area contributed by atoms with Crippen LogP contribution in [0.15, 0.2) is 47.8 Å². The van der Waals surface area contributed by atoms with Gasteiger partial charge >= 0.3 is 0 Å². The third-order valence-corrected chi connectivity index (χ3v) is 6.55. The number of rotatable bonds is 6. The van der Waals surface area contributed by atoms with E-state index in [1.165, 1.54) is 11.3 Å². The number of benzene rings is 1. The molecule has 0 bridgehead atoms. The Hall–Kier alpha value is -2.71. The number of thiophene rings is 1. The van der Waals surface area contributed by atoms with Crippen molar-refractivity contribution in [1.29, 1.82) is 0 Å². The number of carbonyl (C=O) groups is 3. The van der Waals surface area contributed by atoms with E-state index in [2.05, 4.69) is 10.2 Å². The van der Waals surface area contributed by atoms with Gasteiger partial charge in [-0.1, -0.05) is 24.3 Å². The Balaban J connectivity index is 1.21. The second-order valence-corrected chi connectivity index (χ2v) is 8.59. The second-order valence-electron chi connectivity index (χ2n) is 7.64. The van der Waals surface area contributed by atoms with Crippen LogP contribution in [0.2, 0.25) is 0 Å². The molecule has 2 aliphatic heterocycles. The smallest absolute Gasteiger partial charge is 0.261 e. The Kier molecular flexibility index (Phi) is 6.44.